The van der Waals surface area contributed by atoms with Crippen molar-refractivity contribution in [3.05, 3.63) is 65.2 Å². The Morgan fingerprint density at radius 3 is 2.70 bits per heavy atom. The second-order valence-electron chi connectivity index (χ2n) is 6.23. The van der Waals surface area contributed by atoms with E-state index in [9.17, 15) is 4.79 Å². The summed E-state index contributed by atoms with van der Waals surface area (Å²) in [5, 5.41) is 3.16. The van der Waals surface area contributed by atoms with E-state index in [1.165, 1.54) is 16.7 Å². The average Bonchev–Trinajstić information content (AvgIpc) is 2.57. The first-order chi connectivity index (χ1) is 11.1. The van der Waals surface area contributed by atoms with E-state index < -0.39 is 0 Å². The van der Waals surface area contributed by atoms with Crippen LogP contribution in [0.2, 0.25) is 0 Å². The van der Waals surface area contributed by atoms with E-state index in [4.69, 9.17) is 0 Å². The maximum atomic E-state index is 12.6. The van der Waals surface area contributed by atoms with E-state index in [0.29, 0.717) is 0 Å². The Bertz CT molecular complexity index is 680. The van der Waals surface area contributed by atoms with Gasteiger partial charge in [-0.1, -0.05) is 42.0 Å². The van der Waals surface area contributed by atoms with Gasteiger partial charge in [0, 0.05) is 4.90 Å². The predicted molar refractivity (Wildman–Crippen MR) is 96.8 cm³/mol. The van der Waals surface area contributed by atoms with Crippen LogP contribution in [0.3, 0.4) is 0 Å². The van der Waals surface area contributed by atoms with Crippen LogP contribution in [-0.2, 0) is 11.2 Å². The van der Waals surface area contributed by atoms with Gasteiger partial charge in [-0.05, 0) is 56.4 Å². The molecule has 120 valence electrons. The van der Waals surface area contributed by atoms with Crippen molar-refractivity contribution in [3.8, 4) is 0 Å². The summed E-state index contributed by atoms with van der Waals surface area (Å²) in [5.74, 6) is 0.122. The van der Waals surface area contributed by atoms with Gasteiger partial charge in [-0.3, -0.25) is 4.79 Å². The Labute approximate surface area is 142 Å². The lowest BCUT2D eigenvalue weighted by Crippen LogP contribution is -2.35. The molecule has 2 aromatic carbocycles. The maximum absolute atomic E-state index is 12.6. The van der Waals surface area contributed by atoms with Gasteiger partial charge in [0.25, 0.3) is 0 Å². The normalized spacial score (nSPS) is 18.1. The fourth-order valence-electron chi connectivity index (χ4n) is 3.07. The third-order valence-corrected chi connectivity index (χ3v) is 5.50. The van der Waals surface area contributed by atoms with Gasteiger partial charge in [0.05, 0.1) is 11.3 Å². The molecule has 1 aliphatic rings. The van der Waals surface area contributed by atoms with Crippen LogP contribution in [0.1, 0.15) is 42.5 Å². The van der Waals surface area contributed by atoms with Crippen LogP contribution in [0.15, 0.2) is 53.4 Å². The zero-order valence-electron chi connectivity index (χ0n) is 13.7. The SMILES string of the molecule is Cc1ccc(S[C@H](C)C(=O)N[C@@H]2CCCc3ccccc32)cc1. The molecule has 0 bridgehead atoms. The first-order valence-electron chi connectivity index (χ1n) is 8.25. The molecule has 0 heterocycles. The molecule has 23 heavy (non-hydrogen) atoms. The Morgan fingerprint density at radius 1 is 1.17 bits per heavy atom. The van der Waals surface area contributed by atoms with Crippen molar-refractivity contribution in [1.29, 1.82) is 0 Å². The second-order valence-corrected chi connectivity index (χ2v) is 7.64. The highest BCUT2D eigenvalue weighted by atomic mass is 32.2. The lowest BCUT2D eigenvalue weighted by molar-refractivity contribution is -0.121. The number of thioether (sulfide) groups is 1. The fraction of sp³-hybridized carbons (Fsp3) is 0.350. The van der Waals surface area contributed by atoms with Gasteiger partial charge in [0.1, 0.15) is 0 Å². The number of benzene rings is 2. The van der Waals surface area contributed by atoms with E-state index in [1.54, 1.807) is 11.8 Å². The van der Waals surface area contributed by atoms with Crippen LogP contribution in [0, 0.1) is 6.92 Å². The molecule has 3 rings (SSSR count). The highest BCUT2D eigenvalue weighted by molar-refractivity contribution is 8.00. The fourth-order valence-corrected chi connectivity index (χ4v) is 3.94. The smallest absolute Gasteiger partial charge is 0.233 e. The van der Waals surface area contributed by atoms with E-state index >= 15 is 0 Å². The summed E-state index contributed by atoms with van der Waals surface area (Å²) in [7, 11) is 0. The number of carbonyl (C=O) groups excluding carboxylic acids is 1. The molecule has 0 aliphatic heterocycles. The van der Waals surface area contributed by atoms with Crippen LogP contribution in [-0.4, -0.2) is 11.2 Å². The Hall–Kier alpha value is -1.74. The standard InChI is InChI=1S/C20H23NOS/c1-14-10-12-17(13-11-14)23-15(2)20(22)21-19-9-5-7-16-6-3-4-8-18(16)19/h3-4,6,8,10-13,15,19H,5,7,9H2,1-2H3,(H,21,22)/t15-,19-/m1/s1. The zero-order valence-corrected chi connectivity index (χ0v) is 14.5. The van der Waals surface area contributed by atoms with Crippen molar-refractivity contribution >= 4 is 17.7 Å². The molecule has 2 aromatic rings. The van der Waals surface area contributed by atoms with Crippen molar-refractivity contribution in [3.63, 3.8) is 0 Å². The number of hydrogen-bond donors (Lipinski definition) is 1. The third kappa shape index (κ3) is 3.97. The third-order valence-electron chi connectivity index (χ3n) is 4.39. The van der Waals surface area contributed by atoms with E-state index in [2.05, 4.69) is 60.8 Å². The monoisotopic (exact) mass is 325 g/mol. The molecule has 0 saturated heterocycles. The molecule has 0 aromatic heterocycles. The summed E-state index contributed by atoms with van der Waals surface area (Å²) in [5.41, 5.74) is 3.91. The predicted octanol–water partition coefficient (Wildman–Crippen LogP) is 4.67. The number of hydrogen-bond acceptors (Lipinski definition) is 2. The summed E-state index contributed by atoms with van der Waals surface area (Å²) >= 11 is 1.62. The lowest BCUT2D eigenvalue weighted by Gasteiger charge is -2.27. The van der Waals surface area contributed by atoms with Crippen molar-refractivity contribution < 1.29 is 4.79 Å². The Kier molecular flexibility index (Phi) is 5.06. The largest absolute Gasteiger partial charge is 0.348 e. The van der Waals surface area contributed by atoms with Crippen LogP contribution in [0.25, 0.3) is 0 Å². The maximum Gasteiger partial charge on any atom is 0.233 e. The van der Waals surface area contributed by atoms with Gasteiger partial charge >= 0.3 is 0 Å². The van der Waals surface area contributed by atoms with E-state index in [0.717, 1.165) is 24.2 Å². The van der Waals surface area contributed by atoms with Gasteiger partial charge in [0.2, 0.25) is 5.91 Å². The molecule has 0 fully saturated rings. The topological polar surface area (TPSA) is 29.1 Å². The average molecular weight is 325 g/mol. The molecule has 3 heteroatoms. The van der Waals surface area contributed by atoms with Crippen LogP contribution in [0.5, 0.6) is 0 Å². The number of rotatable bonds is 4. The van der Waals surface area contributed by atoms with E-state index in [1.807, 2.05) is 6.92 Å². The highest BCUT2D eigenvalue weighted by Crippen LogP contribution is 2.30. The van der Waals surface area contributed by atoms with Crippen molar-refractivity contribution in [2.75, 3.05) is 0 Å². The van der Waals surface area contributed by atoms with Crippen molar-refractivity contribution in [1.82, 2.24) is 5.32 Å². The minimum Gasteiger partial charge on any atom is -0.348 e. The van der Waals surface area contributed by atoms with Crippen molar-refractivity contribution in [2.45, 2.75) is 49.3 Å². The molecule has 0 radical (unpaired) electrons. The Morgan fingerprint density at radius 2 is 1.91 bits per heavy atom. The molecule has 2 nitrogen and oxygen atoms in total. The first-order valence-corrected chi connectivity index (χ1v) is 9.13. The molecular formula is C20H23NOS. The van der Waals surface area contributed by atoms with Crippen molar-refractivity contribution in [2.24, 2.45) is 0 Å². The zero-order chi connectivity index (χ0) is 16.2. The highest BCUT2D eigenvalue weighted by Gasteiger charge is 2.23. The Balaban J connectivity index is 1.64. The molecule has 0 saturated carbocycles. The van der Waals surface area contributed by atoms with Crippen LogP contribution >= 0.6 is 11.8 Å². The summed E-state index contributed by atoms with van der Waals surface area (Å²) in [6.45, 7) is 4.06. The van der Waals surface area contributed by atoms with Gasteiger partial charge in [0.15, 0.2) is 0 Å². The van der Waals surface area contributed by atoms with Gasteiger partial charge in [-0.25, -0.2) is 0 Å². The number of fused-ring (bicyclic) bond motifs is 1. The van der Waals surface area contributed by atoms with Gasteiger partial charge < -0.3 is 5.32 Å². The van der Waals surface area contributed by atoms with Gasteiger partial charge in [-0.15, -0.1) is 11.8 Å². The second kappa shape index (κ2) is 7.22. The number of aryl methyl sites for hydroxylation is 2. The minimum atomic E-state index is -0.0909. The summed E-state index contributed by atoms with van der Waals surface area (Å²) < 4.78 is 0. The first kappa shape index (κ1) is 16.1. The number of nitrogens with one attached hydrogen (secondary N) is 1. The van der Waals surface area contributed by atoms with Crippen LogP contribution < -0.4 is 5.32 Å². The van der Waals surface area contributed by atoms with Gasteiger partial charge in [-0.2, -0.15) is 0 Å². The summed E-state index contributed by atoms with van der Waals surface area (Å²) in [6, 6.07) is 17.0. The summed E-state index contributed by atoms with van der Waals surface area (Å²) in [4.78, 5) is 13.7. The molecular weight excluding hydrogens is 302 g/mol. The molecule has 1 amide bonds. The van der Waals surface area contributed by atoms with Crippen LogP contribution in [0.4, 0.5) is 0 Å². The molecule has 0 spiro atoms. The minimum absolute atomic E-state index is 0.0909. The molecule has 2 atom stereocenters. The summed E-state index contributed by atoms with van der Waals surface area (Å²) in [6.07, 6.45) is 3.29. The molecule has 1 N–H and O–H groups in total. The number of amides is 1. The van der Waals surface area contributed by atoms with E-state index in [-0.39, 0.29) is 17.2 Å². The molecule has 1 aliphatic carbocycles. The quantitative estimate of drug-likeness (QED) is 0.828. The lowest BCUT2D eigenvalue weighted by atomic mass is 9.88. The molecule has 0 unspecified atom stereocenters. The number of carbonyl (C=O) groups is 1.